The molecule has 0 aromatic carbocycles. The lowest BCUT2D eigenvalue weighted by atomic mass is 9.70. The molecular weight excluding hydrogens is 158 g/mol. The Labute approximate surface area is 83.5 Å². The maximum Gasteiger partial charge on any atom is 0.182 e. The zero-order chi connectivity index (χ0) is 9.31. The van der Waals surface area contributed by atoms with Gasteiger partial charge in [-0.2, -0.15) is 0 Å². The Kier molecular flexibility index (Phi) is 2.70. The van der Waals surface area contributed by atoms with Crippen molar-refractivity contribution >= 4 is 16.0 Å². The molecule has 68 valence electrons. The Morgan fingerprint density at radius 2 is 1.00 bits per heavy atom. The summed E-state index contributed by atoms with van der Waals surface area (Å²) in [5, 5.41) is 0. The van der Waals surface area contributed by atoms with Gasteiger partial charge in [-0.1, -0.05) is 0 Å². The average molecular weight is 174 g/mol. The minimum atomic E-state index is 0.575. The summed E-state index contributed by atoms with van der Waals surface area (Å²) >= 11 is 0. The summed E-state index contributed by atoms with van der Waals surface area (Å²) in [6.07, 6.45) is 5.04. The van der Waals surface area contributed by atoms with E-state index < -0.39 is 0 Å². The van der Waals surface area contributed by atoms with Crippen LogP contribution < -0.4 is 0 Å². The molecule has 0 saturated carbocycles. The van der Waals surface area contributed by atoms with E-state index in [9.17, 15) is 0 Å². The first-order valence-electron chi connectivity index (χ1n) is 5.20. The van der Waals surface area contributed by atoms with Gasteiger partial charge in [0.15, 0.2) is 16.0 Å². The number of rotatable bonds is 0. The van der Waals surface area contributed by atoms with Crippen LogP contribution in [0.25, 0.3) is 0 Å². The highest BCUT2D eigenvalue weighted by Gasteiger charge is 2.35. The Hall–Kier alpha value is 0.0499. The summed E-state index contributed by atoms with van der Waals surface area (Å²) in [4.78, 5) is 3.89. The minimum Gasteiger partial charge on any atom is -0.353 e. The minimum absolute atomic E-state index is 0.575. The molecule has 4 heteroatoms. The lowest BCUT2D eigenvalue weighted by molar-refractivity contribution is 0.0865. The van der Waals surface area contributed by atoms with Gasteiger partial charge in [0, 0.05) is 0 Å². The molecule has 1 spiro atoms. The van der Waals surface area contributed by atoms with Crippen molar-refractivity contribution in [1.29, 1.82) is 0 Å². The normalized spacial score (nSPS) is 30.8. The lowest BCUT2D eigenvalue weighted by Gasteiger charge is -2.46. The van der Waals surface area contributed by atoms with Gasteiger partial charge in [0.25, 0.3) is 0 Å². The van der Waals surface area contributed by atoms with E-state index in [4.69, 9.17) is 16.0 Å². The molecule has 2 heterocycles. The Bertz CT molecular complexity index is 147. The van der Waals surface area contributed by atoms with E-state index in [2.05, 4.69) is 0 Å². The summed E-state index contributed by atoms with van der Waals surface area (Å²) in [6, 6.07) is 0. The predicted molar refractivity (Wildman–Crippen MR) is 55.6 cm³/mol. The van der Waals surface area contributed by atoms with Crippen molar-refractivity contribution < 1.29 is 0 Å². The molecule has 0 bridgehead atoms. The van der Waals surface area contributed by atoms with Crippen molar-refractivity contribution in [3.05, 3.63) is 0 Å². The molecule has 2 fully saturated rings. The summed E-state index contributed by atoms with van der Waals surface area (Å²) in [7, 11) is 11.5. The van der Waals surface area contributed by atoms with Gasteiger partial charge in [-0.15, -0.1) is 0 Å². The largest absolute Gasteiger partial charge is 0.353 e. The predicted octanol–water partition coefficient (Wildman–Crippen LogP) is 0.331. The van der Waals surface area contributed by atoms with E-state index in [-0.39, 0.29) is 0 Å². The summed E-state index contributed by atoms with van der Waals surface area (Å²) in [5.41, 5.74) is 0.575. The van der Waals surface area contributed by atoms with Crippen LogP contribution in [-0.2, 0) is 0 Å². The zero-order valence-corrected chi connectivity index (χ0v) is 8.21. The third kappa shape index (κ3) is 2.10. The first kappa shape index (κ1) is 9.60. The highest BCUT2D eigenvalue weighted by molar-refractivity contribution is 6.04. The monoisotopic (exact) mass is 174 g/mol. The zero-order valence-electron chi connectivity index (χ0n) is 8.21. The van der Waals surface area contributed by atoms with Gasteiger partial charge in [-0.05, 0) is 57.3 Å². The molecule has 2 saturated heterocycles. The topological polar surface area (TPSA) is 6.48 Å². The van der Waals surface area contributed by atoms with Crippen molar-refractivity contribution in [3.63, 3.8) is 0 Å². The molecule has 13 heavy (non-hydrogen) atoms. The molecule has 0 aromatic heterocycles. The fourth-order valence-corrected chi connectivity index (χ4v) is 2.50. The quantitative estimate of drug-likeness (QED) is 0.488. The Morgan fingerprint density at radius 3 is 1.31 bits per heavy atom. The van der Waals surface area contributed by atoms with Gasteiger partial charge in [-0.3, -0.25) is 0 Å². The summed E-state index contributed by atoms with van der Waals surface area (Å²) in [5.74, 6) is 0. The maximum absolute atomic E-state index is 5.75. The maximum atomic E-state index is 5.75. The molecule has 2 rings (SSSR count). The molecule has 0 unspecified atom stereocenters. The van der Waals surface area contributed by atoms with Gasteiger partial charge in [-0.25, -0.2) is 0 Å². The van der Waals surface area contributed by atoms with Gasteiger partial charge < -0.3 is 9.62 Å². The lowest BCUT2D eigenvalue weighted by Crippen LogP contribution is -2.45. The SMILES string of the molecule is [B]N1CCC2(CC1)CCN([B])CC2. The highest BCUT2D eigenvalue weighted by Crippen LogP contribution is 2.40. The summed E-state index contributed by atoms with van der Waals surface area (Å²) in [6.45, 7) is 4.24. The fourth-order valence-electron chi connectivity index (χ4n) is 2.50. The van der Waals surface area contributed by atoms with E-state index in [0.717, 1.165) is 26.2 Å². The van der Waals surface area contributed by atoms with E-state index in [0.29, 0.717) is 5.41 Å². The van der Waals surface area contributed by atoms with Crippen molar-refractivity contribution in [2.24, 2.45) is 5.41 Å². The van der Waals surface area contributed by atoms with Crippen LogP contribution in [0.15, 0.2) is 0 Å². The van der Waals surface area contributed by atoms with Gasteiger partial charge in [0.1, 0.15) is 0 Å². The van der Waals surface area contributed by atoms with Crippen LogP contribution in [0.5, 0.6) is 0 Å². The molecule has 2 aliphatic heterocycles. The molecule has 0 aliphatic carbocycles. The van der Waals surface area contributed by atoms with Crippen molar-refractivity contribution in [2.45, 2.75) is 25.7 Å². The second kappa shape index (κ2) is 3.66. The van der Waals surface area contributed by atoms with Gasteiger partial charge in [0.05, 0.1) is 0 Å². The number of nitrogens with zero attached hydrogens (tertiary/aromatic N) is 2. The number of hydrogen-bond donors (Lipinski definition) is 0. The van der Waals surface area contributed by atoms with Gasteiger partial charge in [0.2, 0.25) is 0 Å². The van der Waals surface area contributed by atoms with E-state index in [1.807, 2.05) is 9.62 Å². The first-order chi connectivity index (χ1) is 6.20. The second-order valence-electron chi connectivity index (χ2n) is 4.57. The van der Waals surface area contributed by atoms with Crippen LogP contribution in [0.1, 0.15) is 25.7 Å². The third-order valence-electron chi connectivity index (χ3n) is 3.72. The standard InChI is InChI=1S/C9H16B2N2/c10-12-5-1-9(2-6-12)3-7-13(11)8-4-9/h1-8H2. The molecule has 4 radical (unpaired) electrons. The molecule has 2 aliphatic rings. The van der Waals surface area contributed by atoms with E-state index >= 15 is 0 Å². The fraction of sp³-hybridized carbons (Fsp3) is 1.00. The van der Waals surface area contributed by atoms with E-state index in [1.165, 1.54) is 25.7 Å². The van der Waals surface area contributed by atoms with Crippen LogP contribution in [0.2, 0.25) is 0 Å². The molecule has 0 N–H and O–H groups in total. The Morgan fingerprint density at radius 1 is 0.692 bits per heavy atom. The molecule has 0 atom stereocenters. The smallest absolute Gasteiger partial charge is 0.182 e. The molecular formula is C9H16B2N2. The van der Waals surface area contributed by atoms with Crippen LogP contribution >= 0.6 is 0 Å². The van der Waals surface area contributed by atoms with E-state index in [1.54, 1.807) is 0 Å². The van der Waals surface area contributed by atoms with Gasteiger partial charge >= 0.3 is 0 Å². The first-order valence-corrected chi connectivity index (χ1v) is 5.20. The van der Waals surface area contributed by atoms with Crippen LogP contribution in [-0.4, -0.2) is 51.8 Å². The number of piperidine rings is 2. The van der Waals surface area contributed by atoms with Crippen molar-refractivity contribution in [2.75, 3.05) is 26.2 Å². The molecule has 2 nitrogen and oxygen atoms in total. The third-order valence-corrected chi connectivity index (χ3v) is 3.72. The van der Waals surface area contributed by atoms with Crippen molar-refractivity contribution in [3.8, 4) is 0 Å². The molecule has 0 aromatic rings. The van der Waals surface area contributed by atoms with Crippen LogP contribution in [0.3, 0.4) is 0 Å². The Balaban J connectivity index is 1.90. The number of hydrogen-bond acceptors (Lipinski definition) is 2. The van der Waals surface area contributed by atoms with Crippen LogP contribution in [0.4, 0.5) is 0 Å². The molecule has 0 amide bonds. The summed E-state index contributed by atoms with van der Waals surface area (Å²) < 4.78 is 0. The average Bonchev–Trinajstić information content (AvgIpc) is 2.16. The highest BCUT2D eigenvalue weighted by atomic mass is 15.1. The van der Waals surface area contributed by atoms with Crippen molar-refractivity contribution in [1.82, 2.24) is 9.62 Å². The van der Waals surface area contributed by atoms with Crippen LogP contribution in [0, 0.1) is 5.41 Å². The second-order valence-corrected chi connectivity index (χ2v) is 4.57.